The van der Waals surface area contributed by atoms with Gasteiger partial charge in [0.15, 0.2) is 0 Å². The predicted octanol–water partition coefficient (Wildman–Crippen LogP) is 2.97. The number of nitrogens with zero attached hydrogens (tertiary/aromatic N) is 2. The molecule has 3 heteroatoms. The summed E-state index contributed by atoms with van der Waals surface area (Å²) in [5.74, 6) is 0.757. The van der Waals surface area contributed by atoms with Crippen molar-refractivity contribution in [1.82, 2.24) is 15.2 Å². The Hall–Kier alpha value is -0.930. The van der Waals surface area contributed by atoms with Gasteiger partial charge in [0.2, 0.25) is 0 Å². The van der Waals surface area contributed by atoms with Crippen molar-refractivity contribution in [2.45, 2.75) is 45.6 Å². The maximum Gasteiger partial charge on any atom is 0.0416 e. The quantitative estimate of drug-likeness (QED) is 0.872. The van der Waals surface area contributed by atoms with Crippen LogP contribution in [0.1, 0.15) is 38.8 Å². The molecule has 1 aromatic heterocycles. The first-order chi connectivity index (χ1) is 10.0. The van der Waals surface area contributed by atoms with Gasteiger partial charge in [-0.2, -0.15) is 0 Å². The molecule has 1 aromatic rings. The molecule has 0 saturated heterocycles. The zero-order valence-corrected chi connectivity index (χ0v) is 14.1. The first kappa shape index (κ1) is 16.4. The van der Waals surface area contributed by atoms with E-state index in [1.165, 1.54) is 31.5 Å². The molecular weight excluding hydrogens is 258 g/mol. The summed E-state index contributed by atoms with van der Waals surface area (Å²) in [7, 11) is 4.37. The van der Waals surface area contributed by atoms with Crippen LogP contribution in [-0.2, 0) is 6.42 Å². The average Bonchev–Trinajstić information content (AvgIpc) is 2.46. The second-order valence-corrected chi connectivity index (χ2v) is 7.24. The van der Waals surface area contributed by atoms with Crippen molar-refractivity contribution >= 4 is 0 Å². The monoisotopic (exact) mass is 289 g/mol. The maximum atomic E-state index is 4.41. The summed E-state index contributed by atoms with van der Waals surface area (Å²) in [6.45, 7) is 7.09. The van der Waals surface area contributed by atoms with Gasteiger partial charge >= 0.3 is 0 Å². The van der Waals surface area contributed by atoms with Gasteiger partial charge in [-0.25, -0.2) is 0 Å². The van der Waals surface area contributed by atoms with Crippen LogP contribution < -0.4 is 5.32 Å². The molecule has 0 radical (unpaired) electrons. The van der Waals surface area contributed by atoms with Crippen molar-refractivity contribution in [3.05, 3.63) is 30.1 Å². The SMILES string of the molecule is CNC1C(CN(C)CCc2ccccn2)CCCC1(C)C. The van der Waals surface area contributed by atoms with E-state index >= 15 is 0 Å². The molecule has 1 heterocycles. The molecule has 0 spiro atoms. The average molecular weight is 289 g/mol. The fourth-order valence-corrected chi connectivity index (χ4v) is 3.95. The molecule has 2 atom stereocenters. The summed E-state index contributed by atoms with van der Waals surface area (Å²) >= 11 is 0. The predicted molar refractivity (Wildman–Crippen MR) is 89.4 cm³/mol. The Morgan fingerprint density at radius 1 is 1.38 bits per heavy atom. The molecule has 1 N–H and O–H groups in total. The number of hydrogen-bond acceptors (Lipinski definition) is 3. The lowest BCUT2D eigenvalue weighted by Gasteiger charge is -2.45. The smallest absolute Gasteiger partial charge is 0.0416 e. The first-order valence-corrected chi connectivity index (χ1v) is 8.28. The maximum absolute atomic E-state index is 4.41. The Morgan fingerprint density at radius 2 is 2.19 bits per heavy atom. The van der Waals surface area contributed by atoms with Crippen LogP contribution in [0.4, 0.5) is 0 Å². The Kier molecular flexibility index (Phi) is 5.77. The van der Waals surface area contributed by atoms with Gasteiger partial charge in [-0.3, -0.25) is 4.98 Å². The molecule has 2 rings (SSSR count). The second-order valence-electron chi connectivity index (χ2n) is 7.24. The topological polar surface area (TPSA) is 28.2 Å². The van der Waals surface area contributed by atoms with Crippen LogP contribution in [-0.4, -0.2) is 43.1 Å². The molecule has 3 nitrogen and oxygen atoms in total. The fourth-order valence-electron chi connectivity index (χ4n) is 3.95. The molecule has 21 heavy (non-hydrogen) atoms. The Bertz CT molecular complexity index is 416. The summed E-state index contributed by atoms with van der Waals surface area (Å²) in [4.78, 5) is 6.89. The molecule has 2 unspecified atom stereocenters. The number of aromatic nitrogens is 1. The molecule has 1 aliphatic rings. The van der Waals surface area contributed by atoms with E-state index in [1.807, 2.05) is 12.3 Å². The summed E-state index contributed by atoms with van der Waals surface area (Å²) in [6, 6.07) is 6.80. The summed E-state index contributed by atoms with van der Waals surface area (Å²) in [5.41, 5.74) is 1.61. The number of likely N-dealkylation sites (N-methyl/N-ethyl adjacent to an activating group) is 1. The normalized spacial score (nSPS) is 25.2. The van der Waals surface area contributed by atoms with Gasteiger partial charge in [-0.05, 0) is 50.4 Å². The zero-order valence-electron chi connectivity index (χ0n) is 14.1. The molecule has 0 amide bonds. The lowest BCUT2D eigenvalue weighted by atomic mass is 9.68. The molecule has 1 fully saturated rings. The minimum absolute atomic E-state index is 0.416. The van der Waals surface area contributed by atoms with E-state index in [4.69, 9.17) is 0 Å². The van der Waals surface area contributed by atoms with Crippen molar-refractivity contribution in [3.8, 4) is 0 Å². The van der Waals surface area contributed by atoms with Crippen molar-refractivity contribution in [3.63, 3.8) is 0 Å². The lowest BCUT2D eigenvalue weighted by Crippen LogP contribution is -2.51. The Labute approximate surface area is 130 Å². The molecule has 1 saturated carbocycles. The highest BCUT2D eigenvalue weighted by molar-refractivity contribution is 5.03. The van der Waals surface area contributed by atoms with Crippen LogP contribution in [0, 0.1) is 11.3 Å². The lowest BCUT2D eigenvalue weighted by molar-refractivity contribution is 0.0907. The van der Waals surface area contributed by atoms with E-state index in [2.05, 4.69) is 55.3 Å². The molecule has 118 valence electrons. The van der Waals surface area contributed by atoms with Gasteiger partial charge < -0.3 is 10.2 Å². The third-order valence-electron chi connectivity index (χ3n) is 5.04. The molecule has 0 aromatic carbocycles. The minimum atomic E-state index is 0.416. The van der Waals surface area contributed by atoms with Crippen LogP contribution in [0.15, 0.2) is 24.4 Å². The number of hydrogen-bond donors (Lipinski definition) is 1. The van der Waals surface area contributed by atoms with Crippen molar-refractivity contribution in [2.75, 3.05) is 27.2 Å². The van der Waals surface area contributed by atoms with Crippen molar-refractivity contribution < 1.29 is 0 Å². The van der Waals surface area contributed by atoms with E-state index in [9.17, 15) is 0 Å². The van der Waals surface area contributed by atoms with Crippen LogP contribution in [0.3, 0.4) is 0 Å². The van der Waals surface area contributed by atoms with Crippen molar-refractivity contribution in [1.29, 1.82) is 0 Å². The van der Waals surface area contributed by atoms with Crippen LogP contribution in [0.5, 0.6) is 0 Å². The van der Waals surface area contributed by atoms with Crippen LogP contribution in [0.2, 0.25) is 0 Å². The number of pyridine rings is 1. The Morgan fingerprint density at radius 3 is 2.86 bits per heavy atom. The fraction of sp³-hybridized carbons (Fsp3) is 0.722. The minimum Gasteiger partial charge on any atom is -0.316 e. The van der Waals surface area contributed by atoms with Gasteiger partial charge in [-0.1, -0.05) is 26.3 Å². The van der Waals surface area contributed by atoms with Crippen LogP contribution in [0.25, 0.3) is 0 Å². The molecule has 1 aliphatic carbocycles. The number of rotatable bonds is 6. The van der Waals surface area contributed by atoms with E-state index in [0.29, 0.717) is 11.5 Å². The highest BCUT2D eigenvalue weighted by Crippen LogP contribution is 2.39. The van der Waals surface area contributed by atoms with Gasteiger partial charge in [0.25, 0.3) is 0 Å². The Balaban J connectivity index is 1.85. The summed E-state index contributed by atoms with van der Waals surface area (Å²) in [6.07, 6.45) is 6.98. The zero-order chi connectivity index (χ0) is 15.3. The van der Waals surface area contributed by atoms with Gasteiger partial charge in [0, 0.05) is 37.4 Å². The standard InChI is InChI=1S/C18H31N3/c1-18(2)11-7-8-15(17(18)19-3)14-21(4)13-10-16-9-5-6-12-20-16/h5-6,9,12,15,17,19H,7-8,10-11,13-14H2,1-4H3. The highest BCUT2D eigenvalue weighted by atomic mass is 15.1. The van der Waals surface area contributed by atoms with E-state index in [1.54, 1.807) is 0 Å². The molecular formula is C18H31N3. The van der Waals surface area contributed by atoms with Gasteiger partial charge in [0.05, 0.1) is 0 Å². The van der Waals surface area contributed by atoms with E-state index in [0.717, 1.165) is 18.9 Å². The third kappa shape index (κ3) is 4.52. The van der Waals surface area contributed by atoms with Gasteiger partial charge in [0.1, 0.15) is 0 Å². The molecule has 0 bridgehead atoms. The van der Waals surface area contributed by atoms with E-state index < -0.39 is 0 Å². The third-order valence-corrected chi connectivity index (χ3v) is 5.04. The van der Waals surface area contributed by atoms with Crippen molar-refractivity contribution in [2.24, 2.45) is 11.3 Å². The largest absolute Gasteiger partial charge is 0.316 e. The van der Waals surface area contributed by atoms with Gasteiger partial charge in [-0.15, -0.1) is 0 Å². The number of nitrogens with one attached hydrogen (secondary N) is 1. The molecule has 0 aliphatic heterocycles. The van der Waals surface area contributed by atoms with Crippen LogP contribution >= 0.6 is 0 Å². The van der Waals surface area contributed by atoms with E-state index in [-0.39, 0.29) is 0 Å². The second kappa shape index (κ2) is 7.37. The summed E-state index contributed by atoms with van der Waals surface area (Å²) in [5, 5.41) is 3.58. The first-order valence-electron chi connectivity index (χ1n) is 8.28. The highest BCUT2D eigenvalue weighted by Gasteiger charge is 2.38. The summed E-state index contributed by atoms with van der Waals surface area (Å²) < 4.78 is 0.